The van der Waals surface area contributed by atoms with Crippen molar-refractivity contribution >= 4 is 27.5 Å². The van der Waals surface area contributed by atoms with E-state index >= 15 is 0 Å². The van der Waals surface area contributed by atoms with Gasteiger partial charge in [0.2, 0.25) is 5.91 Å². The number of nitrogens with one attached hydrogen (secondary N) is 1. The van der Waals surface area contributed by atoms with Crippen LogP contribution in [0.1, 0.15) is 18.9 Å². The first-order valence-corrected chi connectivity index (χ1v) is 5.77. The van der Waals surface area contributed by atoms with Gasteiger partial charge in [-0.15, -0.1) is 0 Å². The lowest BCUT2D eigenvalue weighted by atomic mass is 10.2. The number of anilines is 1. The molecule has 0 bridgehead atoms. The number of carbonyl (C=O) groups excluding carboxylic acids is 1. The summed E-state index contributed by atoms with van der Waals surface area (Å²) in [6.45, 7) is 3.27. The molecule has 0 aliphatic heterocycles. The predicted molar refractivity (Wildman–Crippen MR) is 62.7 cm³/mol. The maximum absolute atomic E-state index is 13.4. The molecule has 16 heavy (non-hydrogen) atoms. The van der Waals surface area contributed by atoms with Crippen molar-refractivity contribution in [3.63, 3.8) is 0 Å². The Hall–Kier alpha value is -0.970. The maximum atomic E-state index is 13.4. The van der Waals surface area contributed by atoms with Gasteiger partial charge in [-0.05, 0) is 25.0 Å². The molecular weight excluding hydrogens is 280 g/mol. The van der Waals surface area contributed by atoms with Crippen LogP contribution in [0.4, 0.5) is 14.5 Å². The van der Waals surface area contributed by atoms with Gasteiger partial charge in [0.25, 0.3) is 0 Å². The minimum absolute atomic E-state index is 0.133. The number of carbonyl (C=O) groups is 1. The highest BCUT2D eigenvalue weighted by Gasteiger charge is 2.15. The number of aryl methyl sites for hydroxylation is 1. The van der Waals surface area contributed by atoms with Crippen LogP contribution in [-0.2, 0) is 4.79 Å². The summed E-state index contributed by atoms with van der Waals surface area (Å²) in [6, 6.07) is 2.04. The summed E-state index contributed by atoms with van der Waals surface area (Å²) in [7, 11) is 0. The number of hydrogen-bond acceptors (Lipinski definition) is 1. The monoisotopic (exact) mass is 291 g/mol. The van der Waals surface area contributed by atoms with Gasteiger partial charge in [-0.2, -0.15) is 0 Å². The molecule has 0 saturated heterocycles. The zero-order valence-electron chi connectivity index (χ0n) is 8.98. The molecule has 1 aromatic rings. The molecule has 88 valence electrons. The van der Waals surface area contributed by atoms with Crippen molar-refractivity contribution in [2.75, 3.05) is 5.32 Å². The molecule has 0 aliphatic carbocycles. The van der Waals surface area contributed by atoms with Crippen molar-refractivity contribution in [1.29, 1.82) is 0 Å². The fraction of sp³-hybridized carbons (Fsp3) is 0.364. The molecule has 1 unspecified atom stereocenters. The Kier molecular flexibility index (Phi) is 4.41. The molecule has 0 fully saturated rings. The molecular formula is C11H12BrF2NO. The van der Waals surface area contributed by atoms with Gasteiger partial charge in [-0.3, -0.25) is 4.79 Å². The fourth-order valence-corrected chi connectivity index (χ4v) is 1.25. The van der Waals surface area contributed by atoms with Crippen molar-refractivity contribution in [2.45, 2.75) is 25.1 Å². The minimum atomic E-state index is -0.636. The number of amides is 1. The van der Waals surface area contributed by atoms with Gasteiger partial charge in [-0.1, -0.05) is 22.9 Å². The van der Waals surface area contributed by atoms with Crippen LogP contribution in [-0.4, -0.2) is 10.7 Å². The average molecular weight is 292 g/mol. The van der Waals surface area contributed by atoms with E-state index in [4.69, 9.17) is 0 Å². The third kappa shape index (κ3) is 3.01. The Morgan fingerprint density at radius 2 is 2.06 bits per heavy atom. The average Bonchev–Trinajstić information content (AvgIpc) is 2.24. The quantitative estimate of drug-likeness (QED) is 0.850. The number of rotatable bonds is 3. The van der Waals surface area contributed by atoms with Crippen LogP contribution < -0.4 is 5.32 Å². The first-order chi connectivity index (χ1) is 7.45. The topological polar surface area (TPSA) is 29.1 Å². The molecule has 0 spiro atoms. The van der Waals surface area contributed by atoms with Crippen molar-refractivity contribution in [1.82, 2.24) is 0 Å². The summed E-state index contributed by atoms with van der Waals surface area (Å²) in [4.78, 5) is 11.0. The van der Waals surface area contributed by atoms with Gasteiger partial charge >= 0.3 is 0 Å². The van der Waals surface area contributed by atoms with Gasteiger partial charge in [0.15, 0.2) is 0 Å². The second-order valence-corrected chi connectivity index (χ2v) is 4.55. The summed E-state index contributed by atoms with van der Waals surface area (Å²) in [5.74, 6) is -1.56. The Morgan fingerprint density at radius 1 is 1.44 bits per heavy atom. The van der Waals surface area contributed by atoms with Crippen LogP contribution in [0, 0.1) is 18.6 Å². The van der Waals surface area contributed by atoms with E-state index in [0.717, 1.165) is 12.1 Å². The molecule has 1 N–H and O–H groups in total. The SMILES string of the molecule is CCC(Br)C(=O)Nc1cc(F)c(C)cc1F. The normalized spacial score (nSPS) is 12.3. The van der Waals surface area contributed by atoms with Crippen molar-refractivity contribution in [2.24, 2.45) is 0 Å². The lowest BCUT2D eigenvalue weighted by Crippen LogP contribution is -2.22. The summed E-state index contributed by atoms with van der Waals surface area (Å²) in [5.41, 5.74) is 0.0763. The molecule has 1 aromatic carbocycles. The van der Waals surface area contributed by atoms with E-state index in [9.17, 15) is 13.6 Å². The third-order valence-corrected chi connectivity index (χ3v) is 3.21. The van der Waals surface area contributed by atoms with Gasteiger partial charge in [-0.25, -0.2) is 8.78 Å². The van der Waals surface area contributed by atoms with E-state index in [1.165, 1.54) is 6.92 Å². The molecule has 2 nitrogen and oxygen atoms in total. The number of alkyl halides is 1. The van der Waals surface area contributed by atoms with Crippen LogP contribution in [0.5, 0.6) is 0 Å². The van der Waals surface area contributed by atoms with E-state index in [1.807, 2.05) is 6.92 Å². The van der Waals surface area contributed by atoms with Crippen LogP contribution in [0.2, 0.25) is 0 Å². The highest BCUT2D eigenvalue weighted by atomic mass is 79.9. The molecule has 1 rings (SSSR count). The second kappa shape index (κ2) is 5.39. The summed E-state index contributed by atoms with van der Waals surface area (Å²) >= 11 is 3.13. The van der Waals surface area contributed by atoms with Crippen LogP contribution >= 0.6 is 15.9 Å². The Morgan fingerprint density at radius 3 is 2.62 bits per heavy atom. The van der Waals surface area contributed by atoms with Gasteiger partial charge in [0.05, 0.1) is 10.5 Å². The first kappa shape index (κ1) is 13.1. The lowest BCUT2D eigenvalue weighted by Gasteiger charge is -2.10. The van der Waals surface area contributed by atoms with Crippen LogP contribution in [0.3, 0.4) is 0 Å². The molecule has 0 saturated carbocycles. The molecule has 0 aromatic heterocycles. The van der Waals surface area contributed by atoms with E-state index in [1.54, 1.807) is 0 Å². The zero-order chi connectivity index (χ0) is 12.3. The number of hydrogen-bond donors (Lipinski definition) is 1. The molecule has 0 heterocycles. The third-order valence-electron chi connectivity index (χ3n) is 2.15. The fourth-order valence-electron chi connectivity index (χ4n) is 1.14. The zero-order valence-corrected chi connectivity index (χ0v) is 10.6. The van der Waals surface area contributed by atoms with Gasteiger partial charge < -0.3 is 5.32 Å². The summed E-state index contributed by atoms with van der Waals surface area (Å²) in [5, 5.41) is 2.33. The Bertz CT molecular complexity index is 409. The molecule has 5 heteroatoms. The standard InChI is InChI=1S/C11H12BrF2NO/c1-3-7(12)11(16)15-10-5-8(13)6(2)4-9(10)14/h4-5,7H,3H2,1-2H3,(H,15,16). The van der Waals surface area contributed by atoms with Crippen molar-refractivity contribution in [3.8, 4) is 0 Å². The maximum Gasteiger partial charge on any atom is 0.238 e. The molecule has 1 amide bonds. The highest BCUT2D eigenvalue weighted by Crippen LogP contribution is 2.20. The molecule has 0 aliphatic rings. The first-order valence-electron chi connectivity index (χ1n) is 4.86. The van der Waals surface area contributed by atoms with E-state index < -0.39 is 16.5 Å². The van der Waals surface area contributed by atoms with E-state index in [2.05, 4.69) is 21.2 Å². The summed E-state index contributed by atoms with van der Waals surface area (Å²) < 4.78 is 26.5. The molecule has 0 radical (unpaired) electrons. The highest BCUT2D eigenvalue weighted by molar-refractivity contribution is 9.10. The summed E-state index contributed by atoms with van der Waals surface area (Å²) in [6.07, 6.45) is 0.571. The second-order valence-electron chi connectivity index (χ2n) is 3.45. The molecule has 1 atom stereocenters. The van der Waals surface area contributed by atoms with Crippen molar-refractivity contribution < 1.29 is 13.6 Å². The van der Waals surface area contributed by atoms with Crippen LogP contribution in [0.25, 0.3) is 0 Å². The lowest BCUT2D eigenvalue weighted by molar-refractivity contribution is -0.115. The number of benzene rings is 1. The largest absolute Gasteiger partial charge is 0.323 e. The van der Waals surface area contributed by atoms with Crippen molar-refractivity contribution in [3.05, 3.63) is 29.3 Å². The predicted octanol–water partition coefficient (Wildman–Crippen LogP) is 3.39. The van der Waals surface area contributed by atoms with Gasteiger partial charge in [0.1, 0.15) is 11.6 Å². The van der Waals surface area contributed by atoms with Crippen LogP contribution in [0.15, 0.2) is 12.1 Å². The minimum Gasteiger partial charge on any atom is -0.323 e. The smallest absolute Gasteiger partial charge is 0.238 e. The Labute approximate surface area is 101 Å². The van der Waals surface area contributed by atoms with E-state index in [0.29, 0.717) is 6.42 Å². The Balaban J connectivity index is 2.90. The van der Waals surface area contributed by atoms with Gasteiger partial charge in [0, 0.05) is 6.07 Å². The number of halogens is 3. The van der Waals surface area contributed by atoms with E-state index in [-0.39, 0.29) is 17.2 Å².